The molecule has 11 heteroatoms. The van der Waals surface area contributed by atoms with Gasteiger partial charge in [0.2, 0.25) is 7.37 Å². The highest BCUT2D eigenvalue weighted by Crippen LogP contribution is 2.67. The fraction of sp³-hybridized carbons (Fsp3) is 0.455. The van der Waals surface area contributed by atoms with Crippen LogP contribution in [0.5, 0.6) is 0 Å². The molecule has 126 valence electrons. The Kier molecular flexibility index (Phi) is 7.19. The first-order valence-corrected chi connectivity index (χ1v) is 11.7. The van der Waals surface area contributed by atoms with E-state index < -0.39 is 34.4 Å². The molecular weight excluding hydrogens is 353 g/mol. The van der Waals surface area contributed by atoms with Gasteiger partial charge in [0.1, 0.15) is 11.8 Å². The summed E-state index contributed by atoms with van der Waals surface area (Å²) in [5.41, 5.74) is 0.665. The third kappa shape index (κ3) is 6.86. The van der Waals surface area contributed by atoms with E-state index >= 15 is 0 Å². The predicted molar refractivity (Wildman–Crippen MR) is 82.2 cm³/mol. The molecule has 0 saturated carbocycles. The van der Waals surface area contributed by atoms with Gasteiger partial charge in [-0.1, -0.05) is 30.3 Å². The van der Waals surface area contributed by atoms with Gasteiger partial charge in [-0.15, -0.1) is 0 Å². The lowest BCUT2D eigenvalue weighted by molar-refractivity contribution is 0.291. The lowest BCUT2D eigenvalue weighted by atomic mass is 10.2. The number of hydrogen-bond donors (Lipinski definition) is 2. The van der Waals surface area contributed by atoms with Gasteiger partial charge in [0, 0.05) is 14.2 Å². The highest BCUT2D eigenvalue weighted by atomic mass is 31.3. The van der Waals surface area contributed by atoms with Crippen LogP contribution in [0.15, 0.2) is 30.3 Å². The molecule has 22 heavy (non-hydrogen) atoms. The molecule has 2 unspecified atom stereocenters. The standard InChI is InChI=1S/C11H19O8P3/c1-17-21(13,14)9-20(12,10-22(15,16)18-2)19-8-11-6-4-3-5-7-11/h3-7H,8-10H2,1-2H3,(H,13,14)(H,15,16). The molecule has 1 aromatic rings. The van der Waals surface area contributed by atoms with Gasteiger partial charge >= 0.3 is 15.2 Å². The average Bonchev–Trinajstić information content (AvgIpc) is 2.45. The Hall–Kier alpha value is -0.290. The third-order valence-electron chi connectivity index (χ3n) is 2.67. The first-order chi connectivity index (χ1) is 10.1. The molecule has 8 nitrogen and oxygen atoms in total. The van der Waals surface area contributed by atoms with Crippen LogP contribution in [-0.2, 0) is 33.9 Å². The van der Waals surface area contributed by atoms with Crippen LogP contribution in [0.25, 0.3) is 0 Å². The zero-order chi connectivity index (χ0) is 16.9. The van der Waals surface area contributed by atoms with Crippen molar-refractivity contribution < 1.29 is 37.1 Å². The molecular formula is C11H19O8P3. The van der Waals surface area contributed by atoms with E-state index in [9.17, 15) is 23.5 Å². The minimum absolute atomic E-state index is 0.133. The molecule has 0 saturated heterocycles. The van der Waals surface area contributed by atoms with Crippen molar-refractivity contribution >= 4 is 22.6 Å². The van der Waals surface area contributed by atoms with E-state index in [0.717, 1.165) is 14.2 Å². The Labute approximate surface area is 128 Å². The van der Waals surface area contributed by atoms with Crippen molar-refractivity contribution in [2.75, 3.05) is 26.0 Å². The molecule has 2 N–H and O–H groups in total. The Balaban J connectivity index is 2.93. The molecule has 0 aliphatic carbocycles. The largest absolute Gasteiger partial charge is 0.337 e. The van der Waals surface area contributed by atoms with Crippen LogP contribution in [0, 0.1) is 0 Å². The van der Waals surface area contributed by atoms with Crippen molar-refractivity contribution in [1.82, 2.24) is 0 Å². The zero-order valence-electron chi connectivity index (χ0n) is 12.2. The zero-order valence-corrected chi connectivity index (χ0v) is 14.9. The van der Waals surface area contributed by atoms with Gasteiger partial charge in [-0.05, 0) is 5.56 Å². The summed E-state index contributed by atoms with van der Waals surface area (Å²) in [5, 5.41) is 0. The minimum atomic E-state index is -4.19. The van der Waals surface area contributed by atoms with Crippen LogP contribution in [-0.4, -0.2) is 35.8 Å². The molecule has 2 atom stereocenters. The van der Waals surface area contributed by atoms with E-state index in [2.05, 4.69) is 9.05 Å². The van der Waals surface area contributed by atoms with Gasteiger partial charge in [-0.3, -0.25) is 13.7 Å². The molecule has 0 aliphatic heterocycles. The first-order valence-electron chi connectivity index (χ1n) is 6.13. The van der Waals surface area contributed by atoms with Gasteiger partial charge < -0.3 is 23.4 Å². The van der Waals surface area contributed by atoms with Crippen LogP contribution >= 0.6 is 22.6 Å². The Morgan fingerprint density at radius 2 is 1.36 bits per heavy atom. The molecule has 0 aromatic heterocycles. The molecule has 0 fully saturated rings. The summed E-state index contributed by atoms with van der Waals surface area (Å²) in [6.45, 7) is -0.133. The van der Waals surface area contributed by atoms with Crippen LogP contribution in [0.2, 0.25) is 0 Å². The summed E-state index contributed by atoms with van der Waals surface area (Å²) in [6.07, 6.45) is 0. The fourth-order valence-corrected chi connectivity index (χ4v) is 9.03. The Morgan fingerprint density at radius 3 is 1.77 bits per heavy atom. The second-order valence-electron chi connectivity index (χ2n) is 4.50. The molecule has 0 aliphatic rings. The van der Waals surface area contributed by atoms with E-state index in [0.29, 0.717) is 5.56 Å². The molecule has 1 aromatic carbocycles. The summed E-state index contributed by atoms with van der Waals surface area (Å²) in [6, 6.07) is 8.66. The van der Waals surface area contributed by atoms with Crippen molar-refractivity contribution in [1.29, 1.82) is 0 Å². The molecule has 0 amide bonds. The molecule has 0 bridgehead atoms. The highest BCUT2D eigenvalue weighted by Gasteiger charge is 2.40. The molecule has 1 rings (SSSR count). The van der Waals surface area contributed by atoms with Crippen molar-refractivity contribution in [3.8, 4) is 0 Å². The quantitative estimate of drug-likeness (QED) is 0.635. The third-order valence-corrected chi connectivity index (χ3v) is 10.7. The summed E-state index contributed by atoms with van der Waals surface area (Å²) >= 11 is 0. The highest BCUT2D eigenvalue weighted by molar-refractivity contribution is 7.80. The summed E-state index contributed by atoms with van der Waals surface area (Å²) in [5.74, 6) is -1.73. The maximum Gasteiger partial charge on any atom is 0.337 e. The number of benzene rings is 1. The fourth-order valence-electron chi connectivity index (χ4n) is 1.55. The summed E-state index contributed by atoms with van der Waals surface area (Å²) < 4.78 is 50.0. The van der Waals surface area contributed by atoms with E-state index in [1.54, 1.807) is 30.3 Å². The first kappa shape index (κ1) is 19.8. The SMILES string of the molecule is COP(=O)(O)CP(=O)(CP(=O)(O)OC)OCc1ccccc1. The second-order valence-corrected chi connectivity index (χ2v) is 11.9. The van der Waals surface area contributed by atoms with Crippen molar-refractivity contribution in [2.24, 2.45) is 0 Å². The molecule has 0 spiro atoms. The van der Waals surface area contributed by atoms with Gasteiger partial charge in [-0.2, -0.15) is 0 Å². The van der Waals surface area contributed by atoms with E-state index in [-0.39, 0.29) is 6.61 Å². The maximum absolute atomic E-state index is 12.7. The summed E-state index contributed by atoms with van der Waals surface area (Å²) in [4.78, 5) is 19.0. The van der Waals surface area contributed by atoms with Crippen molar-refractivity contribution in [2.45, 2.75) is 6.61 Å². The van der Waals surface area contributed by atoms with Gasteiger partial charge in [-0.25, -0.2) is 0 Å². The monoisotopic (exact) mass is 372 g/mol. The maximum atomic E-state index is 12.7. The van der Waals surface area contributed by atoms with Crippen molar-refractivity contribution in [3.05, 3.63) is 35.9 Å². The van der Waals surface area contributed by atoms with E-state index in [1.807, 2.05) is 0 Å². The Bertz CT molecular complexity index is 587. The normalized spacial score (nSPS) is 19.8. The van der Waals surface area contributed by atoms with Gasteiger partial charge in [0.15, 0.2) is 0 Å². The minimum Gasteiger partial charge on any atom is -0.324 e. The smallest absolute Gasteiger partial charge is 0.324 e. The molecule has 0 radical (unpaired) electrons. The van der Waals surface area contributed by atoms with Crippen LogP contribution in [0.4, 0.5) is 0 Å². The topological polar surface area (TPSA) is 119 Å². The van der Waals surface area contributed by atoms with Crippen LogP contribution in [0.1, 0.15) is 5.56 Å². The predicted octanol–water partition coefficient (Wildman–Crippen LogP) is 3.06. The molecule has 0 heterocycles. The van der Waals surface area contributed by atoms with Crippen molar-refractivity contribution in [3.63, 3.8) is 0 Å². The lowest BCUT2D eigenvalue weighted by Gasteiger charge is -2.22. The summed E-state index contributed by atoms with van der Waals surface area (Å²) in [7, 11) is -10.3. The Morgan fingerprint density at radius 1 is 0.909 bits per heavy atom. The second kappa shape index (κ2) is 8.00. The van der Waals surface area contributed by atoms with Gasteiger partial charge in [0.25, 0.3) is 0 Å². The van der Waals surface area contributed by atoms with Crippen LogP contribution in [0.3, 0.4) is 0 Å². The van der Waals surface area contributed by atoms with Gasteiger partial charge in [0.05, 0.1) is 6.61 Å². The number of rotatable bonds is 9. The average molecular weight is 372 g/mol. The van der Waals surface area contributed by atoms with E-state index in [1.165, 1.54) is 0 Å². The lowest BCUT2D eigenvalue weighted by Crippen LogP contribution is -2.04. The van der Waals surface area contributed by atoms with E-state index in [4.69, 9.17) is 4.52 Å². The number of hydrogen-bond acceptors (Lipinski definition) is 6. The van der Waals surface area contributed by atoms with Crippen LogP contribution < -0.4 is 0 Å².